The second kappa shape index (κ2) is 15.1. The minimum absolute atomic E-state index is 0.0695. The molecule has 1 aliphatic rings. The number of carbonyl (C=O) groups excluding carboxylic acids is 1. The first-order valence-electron chi connectivity index (χ1n) is 14.2. The van der Waals surface area contributed by atoms with Crippen molar-refractivity contribution in [3.8, 4) is 0 Å². The molecule has 0 spiro atoms. The van der Waals surface area contributed by atoms with Gasteiger partial charge in [0.2, 0.25) is 10.0 Å². The van der Waals surface area contributed by atoms with Gasteiger partial charge in [0.25, 0.3) is 0 Å². The highest BCUT2D eigenvalue weighted by Crippen LogP contribution is 2.25. The summed E-state index contributed by atoms with van der Waals surface area (Å²) in [5.74, 6) is -0.244. The molecule has 0 bridgehead atoms. The van der Waals surface area contributed by atoms with Crippen molar-refractivity contribution in [2.45, 2.75) is 48.8 Å². The molecular weight excluding hydrogens is 534 g/mol. The Hall–Kier alpha value is -3.30. The number of esters is 1. The van der Waals surface area contributed by atoms with Crippen LogP contribution in [0, 0.1) is 0 Å². The monoisotopic (exact) mass is 575 g/mol. The number of piperidine rings is 1. The van der Waals surface area contributed by atoms with Gasteiger partial charge in [0.15, 0.2) is 0 Å². The van der Waals surface area contributed by atoms with Crippen LogP contribution in [0.3, 0.4) is 0 Å². The second-order valence-electron chi connectivity index (χ2n) is 10.6. The molecule has 1 N–H and O–H groups in total. The van der Waals surface area contributed by atoms with Gasteiger partial charge in [0.05, 0.1) is 4.90 Å². The summed E-state index contributed by atoms with van der Waals surface area (Å²) < 4.78 is 33.3. The zero-order chi connectivity index (χ0) is 29.1. The number of rotatable bonds is 14. The summed E-state index contributed by atoms with van der Waals surface area (Å²) in [5.41, 5.74) is 2.09. The largest absolute Gasteiger partial charge is 0.459 e. The fourth-order valence-corrected chi connectivity index (χ4v) is 6.47. The maximum atomic E-state index is 13.2. The van der Waals surface area contributed by atoms with Crippen molar-refractivity contribution in [1.29, 1.82) is 0 Å². The fourth-order valence-electron chi connectivity index (χ4n) is 5.24. The molecule has 1 aliphatic heterocycles. The van der Waals surface area contributed by atoms with Gasteiger partial charge in [0, 0.05) is 19.6 Å². The molecule has 218 valence electrons. The van der Waals surface area contributed by atoms with Crippen LogP contribution in [0.2, 0.25) is 0 Å². The van der Waals surface area contributed by atoms with E-state index in [1.54, 1.807) is 37.4 Å². The maximum absolute atomic E-state index is 13.2. The van der Waals surface area contributed by atoms with Gasteiger partial charge >= 0.3 is 5.97 Å². The molecule has 2 unspecified atom stereocenters. The number of likely N-dealkylation sites (N-methyl/N-ethyl adjacent to an activating group) is 1. The Morgan fingerprint density at radius 1 is 1.00 bits per heavy atom. The standard InChI is InChI=1S/C33H41N3O4S/c1-3-32(33(37)40-26-27-13-7-4-8-14-27)34-30-20-23-36(24-21-30)22-19-29(28-15-9-5-10-16-28)25-35(2)41(38,39)31-17-11-6-12-18-31/h3-18,29-30,32,34H,1,19-26H2,2H3. The van der Waals surface area contributed by atoms with Gasteiger partial charge in [0.1, 0.15) is 12.6 Å². The first kappa shape index (κ1) is 30.7. The van der Waals surface area contributed by atoms with Crippen LogP contribution in [-0.4, -0.2) is 68.9 Å². The lowest BCUT2D eigenvalue weighted by atomic mass is 9.94. The minimum atomic E-state index is -3.57. The van der Waals surface area contributed by atoms with Crippen LogP contribution >= 0.6 is 0 Å². The Morgan fingerprint density at radius 2 is 1.59 bits per heavy atom. The van der Waals surface area contributed by atoms with E-state index in [0.717, 1.165) is 50.0 Å². The van der Waals surface area contributed by atoms with Gasteiger partial charge in [-0.25, -0.2) is 17.5 Å². The van der Waals surface area contributed by atoms with E-state index in [0.29, 0.717) is 11.4 Å². The lowest BCUT2D eigenvalue weighted by Crippen LogP contribution is -2.48. The van der Waals surface area contributed by atoms with E-state index in [2.05, 4.69) is 28.9 Å². The molecule has 1 saturated heterocycles. The highest BCUT2D eigenvalue weighted by atomic mass is 32.2. The van der Waals surface area contributed by atoms with Crippen molar-refractivity contribution in [2.75, 3.05) is 33.2 Å². The Morgan fingerprint density at radius 3 is 2.20 bits per heavy atom. The third kappa shape index (κ3) is 8.84. The van der Waals surface area contributed by atoms with Crippen LogP contribution in [0.4, 0.5) is 0 Å². The summed E-state index contributed by atoms with van der Waals surface area (Å²) in [5, 5.41) is 3.42. The molecule has 8 heteroatoms. The first-order chi connectivity index (χ1) is 19.9. The summed E-state index contributed by atoms with van der Waals surface area (Å²) in [6, 6.07) is 28.1. The molecular formula is C33H41N3O4S. The lowest BCUT2D eigenvalue weighted by molar-refractivity contribution is -0.146. The quantitative estimate of drug-likeness (QED) is 0.219. The predicted molar refractivity (Wildman–Crippen MR) is 163 cm³/mol. The molecule has 7 nitrogen and oxygen atoms in total. The third-order valence-electron chi connectivity index (χ3n) is 7.71. The summed E-state index contributed by atoms with van der Waals surface area (Å²) in [6.07, 6.45) is 4.28. The average molecular weight is 576 g/mol. The normalized spacial score (nSPS) is 16.2. The zero-order valence-electron chi connectivity index (χ0n) is 23.8. The SMILES string of the molecule is C=CC(NC1CCN(CCC(CN(C)S(=O)(=O)c2ccccc2)c2ccccc2)CC1)C(=O)OCc1ccccc1. The van der Waals surface area contributed by atoms with Crippen molar-refractivity contribution in [1.82, 2.24) is 14.5 Å². The van der Waals surface area contributed by atoms with Crippen LogP contribution in [0.15, 0.2) is 109 Å². The molecule has 3 aromatic rings. The number of carbonyl (C=O) groups is 1. The summed E-state index contributed by atoms with van der Waals surface area (Å²) >= 11 is 0. The fraction of sp³-hybridized carbons (Fsp3) is 0.364. The summed E-state index contributed by atoms with van der Waals surface area (Å²) in [7, 11) is -1.91. The van der Waals surface area contributed by atoms with Crippen molar-refractivity contribution < 1.29 is 17.9 Å². The number of nitrogens with zero attached hydrogens (tertiary/aromatic N) is 2. The topological polar surface area (TPSA) is 79.0 Å². The Bertz CT molecular complexity index is 1330. The zero-order valence-corrected chi connectivity index (χ0v) is 24.6. The van der Waals surface area contributed by atoms with Crippen LogP contribution in [0.5, 0.6) is 0 Å². The van der Waals surface area contributed by atoms with Gasteiger partial charge < -0.3 is 9.64 Å². The predicted octanol–water partition coefficient (Wildman–Crippen LogP) is 4.83. The smallest absolute Gasteiger partial charge is 0.327 e. The average Bonchev–Trinajstić information content (AvgIpc) is 3.02. The van der Waals surface area contributed by atoms with Crippen molar-refractivity contribution in [3.63, 3.8) is 0 Å². The highest BCUT2D eigenvalue weighted by molar-refractivity contribution is 7.89. The number of nitrogens with one attached hydrogen (secondary N) is 1. The number of ether oxygens (including phenoxy) is 1. The van der Waals surface area contributed by atoms with E-state index in [1.165, 1.54) is 4.31 Å². The minimum Gasteiger partial charge on any atom is -0.459 e. The number of hydrogen-bond donors (Lipinski definition) is 1. The number of hydrogen-bond acceptors (Lipinski definition) is 6. The molecule has 1 fully saturated rings. The molecule has 41 heavy (non-hydrogen) atoms. The second-order valence-corrected chi connectivity index (χ2v) is 12.6. The molecule has 0 radical (unpaired) electrons. The summed E-state index contributed by atoms with van der Waals surface area (Å²) in [6.45, 7) is 7.16. The maximum Gasteiger partial charge on any atom is 0.327 e. The molecule has 2 atom stereocenters. The van der Waals surface area contributed by atoms with E-state index >= 15 is 0 Å². The van der Waals surface area contributed by atoms with E-state index in [-0.39, 0.29) is 24.5 Å². The molecule has 0 amide bonds. The molecule has 0 aliphatic carbocycles. The Labute approximate surface area is 244 Å². The van der Waals surface area contributed by atoms with Crippen LogP contribution in [-0.2, 0) is 26.2 Å². The van der Waals surface area contributed by atoms with Gasteiger partial charge in [-0.05, 0) is 68.1 Å². The van der Waals surface area contributed by atoms with Crippen LogP contribution in [0.1, 0.15) is 36.3 Å². The van der Waals surface area contributed by atoms with E-state index < -0.39 is 16.1 Å². The Kier molecular flexibility index (Phi) is 11.3. The van der Waals surface area contributed by atoms with E-state index in [9.17, 15) is 13.2 Å². The highest BCUT2D eigenvalue weighted by Gasteiger charge is 2.27. The molecule has 0 aromatic heterocycles. The van der Waals surface area contributed by atoms with Crippen molar-refractivity contribution in [2.24, 2.45) is 0 Å². The van der Waals surface area contributed by atoms with Gasteiger partial charge in [-0.2, -0.15) is 0 Å². The lowest BCUT2D eigenvalue weighted by Gasteiger charge is -2.34. The van der Waals surface area contributed by atoms with Gasteiger partial charge in [-0.3, -0.25) is 5.32 Å². The van der Waals surface area contributed by atoms with Crippen molar-refractivity contribution in [3.05, 3.63) is 115 Å². The first-order valence-corrected chi connectivity index (χ1v) is 15.7. The van der Waals surface area contributed by atoms with Crippen LogP contribution in [0.25, 0.3) is 0 Å². The molecule has 4 rings (SSSR count). The van der Waals surface area contributed by atoms with E-state index in [4.69, 9.17) is 4.74 Å². The summed E-state index contributed by atoms with van der Waals surface area (Å²) in [4.78, 5) is 15.4. The Balaban J connectivity index is 1.28. The molecule has 3 aromatic carbocycles. The van der Waals surface area contributed by atoms with E-state index in [1.807, 2.05) is 54.6 Å². The molecule has 1 heterocycles. The van der Waals surface area contributed by atoms with Gasteiger partial charge in [-0.15, -0.1) is 6.58 Å². The number of likely N-dealkylation sites (tertiary alicyclic amines) is 1. The van der Waals surface area contributed by atoms with Crippen LogP contribution < -0.4 is 5.32 Å². The number of sulfonamides is 1. The number of benzene rings is 3. The molecule has 0 saturated carbocycles. The van der Waals surface area contributed by atoms with Crippen molar-refractivity contribution >= 4 is 16.0 Å². The van der Waals surface area contributed by atoms with Gasteiger partial charge in [-0.1, -0.05) is 84.9 Å². The third-order valence-corrected chi connectivity index (χ3v) is 9.55.